The Hall–Kier alpha value is -1.39. The molecule has 4 nitrogen and oxygen atoms in total. The molecule has 1 aromatic rings. The lowest BCUT2D eigenvalue weighted by atomic mass is 9.90. The van der Waals surface area contributed by atoms with E-state index in [0.29, 0.717) is 6.54 Å². The van der Waals surface area contributed by atoms with Gasteiger partial charge in [0.15, 0.2) is 11.6 Å². The summed E-state index contributed by atoms with van der Waals surface area (Å²) < 4.78 is 13.2. The fraction of sp³-hybridized carbons (Fsp3) is 0.600. The molecule has 0 aliphatic heterocycles. The molecule has 84 valence electrons. The maximum Gasteiger partial charge on any atom is 0.222 e. The minimum atomic E-state index is -0.476. The molecular formula is C10H17FN4. The van der Waals surface area contributed by atoms with Crippen LogP contribution in [0.2, 0.25) is 0 Å². The zero-order valence-electron chi connectivity index (χ0n) is 9.34. The molecule has 0 unspecified atom stereocenters. The van der Waals surface area contributed by atoms with Gasteiger partial charge in [-0.2, -0.15) is 4.98 Å². The largest absolute Gasteiger partial charge is 0.368 e. The highest BCUT2D eigenvalue weighted by Gasteiger charge is 2.16. The van der Waals surface area contributed by atoms with Crippen LogP contribution in [0.3, 0.4) is 0 Å². The number of nitrogens with two attached hydrogens (primary N) is 1. The molecule has 0 aliphatic carbocycles. The van der Waals surface area contributed by atoms with E-state index in [1.54, 1.807) is 0 Å². The van der Waals surface area contributed by atoms with Crippen molar-refractivity contribution in [2.45, 2.75) is 27.2 Å². The number of aromatic nitrogens is 2. The Labute approximate surface area is 89.1 Å². The van der Waals surface area contributed by atoms with Gasteiger partial charge < -0.3 is 11.1 Å². The maximum atomic E-state index is 13.2. The van der Waals surface area contributed by atoms with E-state index in [0.717, 1.165) is 12.6 Å². The van der Waals surface area contributed by atoms with Crippen molar-refractivity contribution >= 4 is 11.8 Å². The summed E-state index contributed by atoms with van der Waals surface area (Å²) in [5.74, 6) is -0.228. The van der Waals surface area contributed by atoms with Crippen molar-refractivity contribution in [1.29, 1.82) is 0 Å². The van der Waals surface area contributed by atoms with Gasteiger partial charge in [-0.25, -0.2) is 9.37 Å². The Kier molecular flexibility index (Phi) is 3.44. The van der Waals surface area contributed by atoms with Gasteiger partial charge in [-0.05, 0) is 11.8 Å². The molecule has 0 bridgehead atoms. The number of hydrogen-bond donors (Lipinski definition) is 2. The number of anilines is 2. The summed E-state index contributed by atoms with van der Waals surface area (Å²) in [6.07, 6.45) is 2.08. The van der Waals surface area contributed by atoms with Gasteiger partial charge in [0, 0.05) is 6.54 Å². The van der Waals surface area contributed by atoms with Crippen molar-refractivity contribution in [3.05, 3.63) is 12.0 Å². The van der Waals surface area contributed by atoms with Gasteiger partial charge in [0.05, 0.1) is 6.20 Å². The van der Waals surface area contributed by atoms with Crippen LogP contribution in [0.25, 0.3) is 0 Å². The number of nitrogens with zero attached hydrogens (tertiary/aromatic N) is 2. The Morgan fingerprint density at radius 1 is 1.53 bits per heavy atom. The topological polar surface area (TPSA) is 63.8 Å². The predicted molar refractivity (Wildman–Crippen MR) is 59.0 cm³/mol. The van der Waals surface area contributed by atoms with E-state index in [1.165, 1.54) is 0 Å². The first kappa shape index (κ1) is 11.7. The van der Waals surface area contributed by atoms with Crippen molar-refractivity contribution in [3.63, 3.8) is 0 Å². The van der Waals surface area contributed by atoms with Gasteiger partial charge in [0.1, 0.15) is 0 Å². The zero-order valence-corrected chi connectivity index (χ0v) is 9.34. The third kappa shape index (κ3) is 3.34. The van der Waals surface area contributed by atoms with Crippen LogP contribution >= 0.6 is 0 Å². The average molecular weight is 212 g/mol. The number of rotatable bonds is 4. The minimum Gasteiger partial charge on any atom is -0.368 e. The highest BCUT2D eigenvalue weighted by Crippen LogP contribution is 2.20. The number of halogens is 1. The molecule has 15 heavy (non-hydrogen) atoms. The first-order valence-electron chi connectivity index (χ1n) is 4.96. The van der Waals surface area contributed by atoms with Crippen LogP contribution in [0.4, 0.5) is 16.2 Å². The Morgan fingerprint density at radius 2 is 2.20 bits per heavy atom. The molecule has 0 aromatic carbocycles. The molecule has 0 amide bonds. The Morgan fingerprint density at radius 3 is 2.80 bits per heavy atom. The SMILES string of the molecule is CCC(C)(C)CNc1nc(N)ncc1F. The molecule has 0 saturated carbocycles. The number of nitrogen functional groups attached to an aromatic ring is 1. The third-order valence-corrected chi connectivity index (χ3v) is 2.45. The van der Waals surface area contributed by atoms with Crippen LogP contribution in [0.5, 0.6) is 0 Å². The average Bonchev–Trinajstić information content (AvgIpc) is 2.20. The fourth-order valence-electron chi connectivity index (χ4n) is 0.953. The summed E-state index contributed by atoms with van der Waals surface area (Å²) in [5.41, 5.74) is 5.47. The molecule has 0 radical (unpaired) electrons. The van der Waals surface area contributed by atoms with Crippen molar-refractivity contribution in [2.24, 2.45) is 5.41 Å². The highest BCUT2D eigenvalue weighted by atomic mass is 19.1. The molecule has 0 spiro atoms. The highest BCUT2D eigenvalue weighted by molar-refractivity contribution is 5.39. The van der Waals surface area contributed by atoms with E-state index < -0.39 is 5.82 Å². The van der Waals surface area contributed by atoms with Gasteiger partial charge >= 0.3 is 0 Å². The summed E-state index contributed by atoms with van der Waals surface area (Å²) in [5, 5.41) is 2.94. The maximum absolute atomic E-state index is 13.2. The van der Waals surface area contributed by atoms with Crippen LogP contribution in [-0.4, -0.2) is 16.5 Å². The van der Waals surface area contributed by atoms with Gasteiger partial charge in [0.25, 0.3) is 0 Å². The lowest BCUT2D eigenvalue weighted by Gasteiger charge is -2.23. The standard InChI is InChI=1S/C10H17FN4/c1-4-10(2,3)6-14-8-7(11)5-13-9(12)15-8/h5H,4,6H2,1-3H3,(H3,12,13,14,15). The minimum absolute atomic E-state index is 0.0770. The van der Waals surface area contributed by atoms with Crippen LogP contribution < -0.4 is 11.1 Å². The zero-order chi connectivity index (χ0) is 11.5. The monoisotopic (exact) mass is 212 g/mol. The predicted octanol–water partition coefficient (Wildman–Crippen LogP) is 2.05. The van der Waals surface area contributed by atoms with Crippen LogP contribution in [0.1, 0.15) is 27.2 Å². The molecule has 1 rings (SSSR count). The van der Waals surface area contributed by atoms with Gasteiger partial charge in [-0.15, -0.1) is 0 Å². The summed E-state index contributed by atoms with van der Waals surface area (Å²) in [7, 11) is 0. The van der Waals surface area contributed by atoms with Gasteiger partial charge in [-0.1, -0.05) is 20.8 Å². The van der Waals surface area contributed by atoms with Crippen molar-refractivity contribution < 1.29 is 4.39 Å². The summed E-state index contributed by atoms with van der Waals surface area (Å²) in [6.45, 7) is 6.94. The Bertz CT molecular complexity index is 338. The van der Waals surface area contributed by atoms with Crippen LogP contribution in [0.15, 0.2) is 6.20 Å². The molecule has 1 aromatic heterocycles. The number of hydrogen-bond acceptors (Lipinski definition) is 4. The molecule has 3 N–H and O–H groups in total. The second-order valence-corrected chi connectivity index (χ2v) is 4.30. The van der Waals surface area contributed by atoms with E-state index in [9.17, 15) is 4.39 Å². The van der Waals surface area contributed by atoms with E-state index in [2.05, 4.69) is 36.1 Å². The molecule has 0 atom stereocenters. The van der Waals surface area contributed by atoms with Crippen molar-refractivity contribution in [1.82, 2.24) is 9.97 Å². The van der Waals surface area contributed by atoms with Crippen LogP contribution in [-0.2, 0) is 0 Å². The van der Waals surface area contributed by atoms with Gasteiger partial charge in [0.2, 0.25) is 5.95 Å². The van der Waals surface area contributed by atoms with Gasteiger partial charge in [-0.3, -0.25) is 0 Å². The fourth-order valence-corrected chi connectivity index (χ4v) is 0.953. The van der Waals surface area contributed by atoms with E-state index in [1.807, 2.05) is 0 Å². The summed E-state index contributed by atoms with van der Waals surface area (Å²) in [4.78, 5) is 7.35. The number of nitrogens with one attached hydrogen (secondary N) is 1. The normalized spacial score (nSPS) is 11.5. The summed E-state index contributed by atoms with van der Waals surface area (Å²) in [6, 6.07) is 0. The second-order valence-electron chi connectivity index (χ2n) is 4.30. The third-order valence-electron chi connectivity index (χ3n) is 2.45. The molecular weight excluding hydrogens is 195 g/mol. The molecule has 1 heterocycles. The second kappa shape index (κ2) is 4.42. The first-order chi connectivity index (χ1) is 6.94. The lowest BCUT2D eigenvalue weighted by Crippen LogP contribution is -2.23. The van der Waals surface area contributed by atoms with Crippen molar-refractivity contribution in [3.8, 4) is 0 Å². The lowest BCUT2D eigenvalue weighted by molar-refractivity contribution is 0.376. The van der Waals surface area contributed by atoms with Crippen molar-refractivity contribution in [2.75, 3.05) is 17.6 Å². The van der Waals surface area contributed by atoms with Crippen LogP contribution in [0, 0.1) is 11.2 Å². The molecule has 0 fully saturated rings. The molecule has 0 aliphatic rings. The van der Waals surface area contributed by atoms with E-state index in [-0.39, 0.29) is 17.2 Å². The van der Waals surface area contributed by atoms with E-state index in [4.69, 9.17) is 5.73 Å². The quantitative estimate of drug-likeness (QED) is 0.801. The molecule has 0 saturated heterocycles. The first-order valence-corrected chi connectivity index (χ1v) is 4.96. The Balaban J connectivity index is 2.69. The smallest absolute Gasteiger partial charge is 0.222 e. The summed E-state index contributed by atoms with van der Waals surface area (Å²) >= 11 is 0. The molecule has 5 heteroatoms. The van der Waals surface area contributed by atoms with E-state index >= 15 is 0 Å².